The van der Waals surface area contributed by atoms with Crippen LogP contribution in [-0.4, -0.2) is 46.3 Å². The number of halogens is 1. The summed E-state index contributed by atoms with van der Waals surface area (Å²) in [5, 5.41) is 6.76. The first kappa shape index (κ1) is 25.4. The molecule has 2 aromatic heterocycles. The van der Waals surface area contributed by atoms with Crippen molar-refractivity contribution in [2.75, 3.05) is 18.6 Å². The summed E-state index contributed by atoms with van der Waals surface area (Å²) in [4.78, 5) is 44.4. The molecule has 5 rings (SSSR count). The van der Waals surface area contributed by atoms with Gasteiger partial charge in [-0.25, -0.2) is 9.07 Å². The van der Waals surface area contributed by atoms with Gasteiger partial charge in [-0.3, -0.25) is 19.4 Å². The number of nitrogens with zero attached hydrogens (tertiary/aromatic N) is 4. The number of ether oxygens (including phenoxy) is 1. The average Bonchev–Trinajstić information content (AvgIpc) is 3.05. The monoisotopic (exact) mass is 523 g/mol. The standard InChI is InChI=1S/C29H22FN5O4/c1-18-14-25(36)27(33-35(18)22-10-8-21(30)9-11-22)28(37)32-23-17-39-26-12-7-19(15-24(26)34(2)29(23)38)5-6-20-4-3-13-31-16-20/h3-4,7-16,23H,17H2,1-2H3,(H,32,37)/t23-/m0/s1. The van der Waals surface area contributed by atoms with E-state index in [9.17, 15) is 18.8 Å². The molecule has 0 unspecified atom stereocenters. The number of pyridine rings is 1. The Morgan fingerprint density at radius 1 is 1.08 bits per heavy atom. The highest BCUT2D eigenvalue weighted by Crippen LogP contribution is 2.31. The molecule has 194 valence electrons. The Kier molecular flexibility index (Phi) is 6.89. The van der Waals surface area contributed by atoms with Crippen LogP contribution >= 0.6 is 0 Å². The lowest BCUT2D eigenvalue weighted by molar-refractivity contribution is -0.120. The van der Waals surface area contributed by atoms with E-state index in [1.165, 1.54) is 39.9 Å². The number of carbonyl (C=O) groups excluding carboxylic acids is 2. The van der Waals surface area contributed by atoms with Crippen molar-refractivity contribution in [2.24, 2.45) is 0 Å². The van der Waals surface area contributed by atoms with Gasteiger partial charge >= 0.3 is 0 Å². The van der Waals surface area contributed by atoms with E-state index in [0.29, 0.717) is 28.4 Å². The predicted molar refractivity (Wildman–Crippen MR) is 141 cm³/mol. The van der Waals surface area contributed by atoms with E-state index in [0.717, 1.165) is 5.56 Å². The van der Waals surface area contributed by atoms with Gasteiger partial charge in [0, 0.05) is 42.3 Å². The highest BCUT2D eigenvalue weighted by atomic mass is 19.1. The fourth-order valence-corrected chi connectivity index (χ4v) is 4.04. The van der Waals surface area contributed by atoms with Crippen LogP contribution in [0.4, 0.5) is 10.1 Å². The van der Waals surface area contributed by atoms with Crippen LogP contribution in [0.25, 0.3) is 5.69 Å². The van der Waals surface area contributed by atoms with Gasteiger partial charge in [0.15, 0.2) is 5.69 Å². The van der Waals surface area contributed by atoms with Crippen LogP contribution in [-0.2, 0) is 4.79 Å². The molecule has 0 saturated carbocycles. The van der Waals surface area contributed by atoms with Crippen molar-refractivity contribution < 1.29 is 18.7 Å². The summed E-state index contributed by atoms with van der Waals surface area (Å²) in [6.07, 6.45) is 3.32. The van der Waals surface area contributed by atoms with E-state index in [1.54, 1.807) is 50.6 Å². The molecule has 2 aromatic carbocycles. The number of hydrogen-bond acceptors (Lipinski definition) is 6. The van der Waals surface area contributed by atoms with Crippen LogP contribution in [0.5, 0.6) is 5.75 Å². The number of aryl methyl sites for hydroxylation is 1. The molecular formula is C29H22FN5O4. The summed E-state index contributed by atoms with van der Waals surface area (Å²) in [6.45, 7) is 1.49. The van der Waals surface area contributed by atoms with E-state index in [4.69, 9.17) is 4.74 Å². The number of fused-ring (bicyclic) bond motifs is 1. The number of benzene rings is 2. The smallest absolute Gasteiger partial charge is 0.276 e. The fraction of sp³-hybridized carbons (Fsp3) is 0.138. The molecule has 0 aliphatic carbocycles. The van der Waals surface area contributed by atoms with Crippen molar-refractivity contribution in [3.63, 3.8) is 0 Å². The number of hydrogen-bond donors (Lipinski definition) is 1. The molecule has 1 atom stereocenters. The molecule has 9 nitrogen and oxygen atoms in total. The molecule has 10 heteroatoms. The second kappa shape index (κ2) is 10.6. The van der Waals surface area contributed by atoms with E-state index in [2.05, 4.69) is 27.2 Å². The minimum absolute atomic E-state index is 0.152. The Morgan fingerprint density at radius 2 is 1.85 bits per heavy atom. The van der Waals surface area contributed by atoms with Crippen molar-refractivity contribution in [1.29, 1.82) is 0 Å². The largest absolute Gasteiger partial charge is 0.489 e. The van der Waals surface area contributed by atoms with E-state index in [-0.39, 0.29) is 6.61 Å². The molecule has 1 aliphatic rings. The van der Waals surface area contributed by atoms with Gasteiger partial charge in [-0.05, 0) is 61.5 Å². The van der Waals surface area contributed by atoms with Gasteiger partial charge in [0.1, 0.15) is 24.2 Å². The first-order valence-corrected chi connectivity index (χ1v) is 11.9. The summed E-state index contributed by atoms with van der Waals surface area (Å²) in [7, 11) is 1.57. The quantitative estimate of drug-likeness (QED) is 0.414. The fourth-order valence-electron chi connectivity index (χ4n) is 4.04. The maximum atomic E-state index is 13.4. The Hall–Kier alpha value is -5.30. The molecule has 0 fully saturated rings. The summed E-state index contributed by atoms with van der Waals surface area (Å²) in [6, 6.07) is 14.5. The minimum atomic E-state index is -1.08. The zero-order valence-corrected chi connectivity index (χ0v) is 21.0. The Labute approximate surface area is 222 Å². The lowest BCUT2D eigenvalue weighted by atomic mass is 10.1. The van der Waals surface area contributed by atoms with E-state index < -0.39 is 34.8 Å². The topological polar surface area (TPSA) is 106 Å². The van der Waals surface area contributed by atoms with Gasteiger partial charge in [-0.1, -0.05) is 11.8 Å². The lowest BCUT2D eigenvalue weighted by Gasteiger charge is -2.20. The van der Waals surface area contributed by atoms with Gasteiger partial charge in [0.25, 0.3) is 11.8 Å². The maximum Gasteiger partial charge on any atom is 0.276 e. The molecule has 0 spiro atoms. The minimum Gasteiger partial charge on any atom is -0.489 e. The normalized spacial score (nSPS) is 14.4. The van der Waals surface area contributed by atoms with Crippen LogP contribution in [0.3, 0.4) is 0 Å². The molecule has 2 amide bonds. The summed E-state index contributed by atoms with van der Waals surface area (Å²) in [5.41, 5.74) is 1.80. The number of anilines is 1. The number of aromatic nitrogens is 3. The molecule has 3 heterocycles. The molecule has 39 heavy (non-hydrogen) atoms. The second-order valence-corrected chi connectivity index (χ2v) is 8.80. The van der Waals surface area contributed by atoms with Gasteiger partial charge < -0.3 is 15.0 Å². The number of carbonyl (C=O) groups is 2. The summed E-state index contributed by atoms with van der Waals surface area (Å²) < 4.78 is 20.6. The Balaban J connectivity index is 1.37. The zero-order chi connectivity index (χ0) is 27.5. The van der Waals surface area contributed by atoms with Crippen molar-refractivity contribution in [2.45, 2.75) is 13.0 Å². The van der Waals surface area contributed by atoms with Crippen molar-refractivity contribution >= 4 is 17.5 Å². The van der Waals surface area contributed by atoms with Gasteiger partial charge in [0.05, 0.1) is 11.4 Å². The molecule has 0 bridgehead atoms. The third kappa shape index (κ3) is 5.38. The van der Waals surface area contributed by atoms with Crippen LogP contribution < -0.4 is 20.4 Å². The molecule has 1 aliphatic heterocycles. The maximum absolute atomic E-state index is 13.4. The number of rotatable bonds is 3. The highest BCUT2D eigenvalue weighted by molar-refractivity contribution is 6.02. The SMILES string of the molecule is Cc1cc(=O)c(C(=O)N[C@H]2COc3ccc(C#Cc4cccnc4)cc3N(C)C2=O)nn1-c1ccc(F)cc1. The first-order valence-electron chi connectivity index (χ1n) is 11.9. The third-order valence-electron chi connectivity index (χ3n) is 6.07. The van der Waals surface area contributed by atoms with Crippen LogP contribution in [0.2, 0.25) is 0 Å². The van der Waals surface area contributed by atoms with Crippen molar-refractivity contribution in [1.82, 2.24) is 20.1 Å². The molecule has 0 radical (unpaired) electrons. The number of nitrogens with one attached hydrogen (secondary N) is 1. The van der Waals surface area contributed by atoms with Crippen molar-refractivity contribution in [3.05, 3.63) is 112 Å². The number of amides is 2. The second-order valence-electron chi connectivity index (χ2n) is 8.80. The predicted octanol–water partition coefficient (Wildman–Crippen LogP) is 2.63. The van der Waals surface area contributed by atoms with Crippen LogP contribution in [0, 0.1) is 24.6 Å². The van der Waals surface area contributed by atoms with E-state index in [1.807, 2.05) is 6.07 Å². The molecule has 4 aromatic rings. The summed E-state index contributed by atoms with van der Waals surface area (Å²) in [5.74, 6) is 4.81. The van der Waals surface area contributed by atoms with Gasteiger partial charge in [-0.2, -0.15) is 5.10 Å². The number of likely N-dealkylation sites (N-methyl/N-ethyl adjacent to an activating group) is 1. The highest BCUT2D eigenvalue weighted by Gasteiger charge is 2.32. The average molecular weight is 524 g/mol. The Morgan fingerprint density at radius 3 is 2.59 bits per heavy atom. The third-order valence-corrected chi connectivity index (χ3v) is 6.07. The van der Waals surface area contributed by atoms with Crippen molar-refractivity contribution in [3.8, 4) is 23.3 Å². The lowest BCUT2D eigenvalue weighted by Crippen LogP contribution is -2.50. The van der Waals surface area contributed by atoms with Gasteiger partial charge in [-0.15, -0.1) is 0 Å². The first-order chi connectivity index (χ1) is 18.8. The molecule has 1 N–H and O–H groups in total. The van der Waals surface area contributed by atoms with Gasteiger partial charge in [0.2, 0.25) is 5.43 Å². The Bertz CT molecular complexity index is 1690. The van der Waals surface area contributed by atoms with Crippen LogP contribution in [0.15, 0.2) is 77.9 Å². The van der Waals surface area contributed by atoms with E-state index >= 15 is 0 Å². The summed E-state index contributed by atoms with van der Waals surface area (Å²) >= 11 is 0. The van der Waals surface area contributed by atoms with Crippen LogP contribution in [0.1, 0.15) is 27.3 Å². The molecule has 0 saturated heterocycles. The molecular weight excluding hydrogens is 501 g/mol. The zero-order valence-electron chi connectivity index (χ0n) is 21.0.